The van der Waals surface area contributed by atoms with Crippen LogP contribution in [0.15, 0.2) is 18.2 Å². The van der Waals surface area contributed by atoms with E-state index in [9.17, 15) is 13.2 Å². The Morgan fingerprint density at radius 1 is 1.11 bits per heavy atom. The highest BCUT2D eigenvalue weighted by Gasteiger charge is 2.26. The zero-order valence-electron chi connectivity index (χ0n) is 9.72. The van der Waals surface area contributed by atoms with Gasteiger partial charge in [0.25, 0.3) is 0 Å². The maximum atomic E-state index is 12.0. The van der Waals surface area contributed by atoms with Gasteiger partial charge in [-0.1, -0.05) is 6.07 Å². The number of nitrogens with one attached hydrogen (secondary N) is 1. The van der Waals surface area contributed by atoms with Gasteiger partial charge in [-0.25, -0.2) is 0 Å². The first-order valence-corrected chi connectivity index (χ1v) is 5.70. The second-order valence-corrected chi connectivity index (χ2v) is 4.05. The maximum absolute atomic E-state index is 12.0. The molecular formula is C12H14F3NO2. The second kappa shape index (κ2) is 5.48. The number of ether oxygens (including phenoxy) is 2. The molecule has 0 aromatic heterocycles. The van der Waals surface area contributed by atoms with Gasteiger partial charge in [0.15, 0.2) is 11.5 Å². The largest absolute Gasteiger partial charge is 0.490 e. The van der Waals surface area contributed by atoms with Crippen LogP contribution in [0, 0.1) is 0 Å². The molecule has 0 fully saturated rings. The summed E-state index contributed by atoms with van der Waals surface area (Å²) in [5.41, 5.74) is 0.739. The Kier molecular flexibility index (Phi) is 3.96. The van der Waals surface area contributed by atoms with Gasteiger partial charge in [0.1, 0.15) is 0 Å². The van der Waals surface area contributed by atoms with Crippen LogP contribution in [0.1, 0.15) is 12.0 Å². The molecule has 0 bridgehead atoms. The van der Waals surface area contributed by atoms with Crippen LogP contribution in [0.25, 0.3) is 0 Å². The fourth-order valence-corrected chi connectivity index (χ4v) is 1.67. The van der Waals surface area contributed by atoms with Crippen LogP contribution in [0.3, 0.4) is 0 Å². The fourth-order valence-electron chi connectivity index (χ4n) is 1.67. The summed E-state index contributed by atoms with van der Waals surface area (Å²) in [6.45, 7) is 0.308. The monoisotopic (exact) mass is 261 g/mol. The van der Waals surface area contributed by atoms with E-state index in [0.717, 1.165) is 12.0 Å². The SMILES string of the molecule is FC(F)(F)CNCc1ccc2c(c1)OCCCO2. The summed E-state index contributed by atoms with van der Waals surface area (Å²) in [5.74, 6) is 1.24. The highest BCUT2D eigenvalue weighted by molar-refractivity contribution is 5.43. The van der Waals surface area contributed by atoms with Crippen LogP contribution in [0.2, 0.25) is 0 Å². The van der Waals surface area contributed by atoms with Crippen LogP contribution < -0.4 is 14.8 Å². The van der Waals surface area contributed by atoms with E-state index in [1.54, 1.807) is 18.2 Å². The van der Waals surface area contributed by atoms with E-state index in [2.05, 4.69) is 5.32 Å². The number of alkyl halides is 3. The van der Waals surface area contributed by atoms with Gasteiger partial charge in [0.05, 0.1) is 19.8 Å². The highest BCUT2D eigenvalue weighted by Crippen LogP contribution is 2.30. The Labute approximate surface area is 103 Å². The predicted molar refractivity (Wildman–Crippen MR) is 59.8 cm³/mol. The van der Waals surface area contributed by atoms with Gasteiger partial charge in [-0.15, -0.1) is 0 Å². The molecule has 1 heterocycles. The third kappa shape index (κ3) is 3.80. The molecule has 3 nitrogen and oxygen atoms in total. The van der Waals surface area contributed by atoms with Crippen molar-refractivity contribution in [2.75, 3.05) is 19.8 Å². The summed E-state index contributed by atoms with van der Waals surface area (Å²) in [4.78, 5) is 0. The third-order valence-electron chi connectivity index (χ3n) is 2.47. The summed E-state index contributed by atoms with van der Waals surface area (Å²) in [5, 5.41) is 2.34. The van der Waals surface area contributed by atoms with E-state index >= 15 is 0 Å². The van der Waals surface area contributed by atoms with Crippen molar-refractivity contribution in [3.63, 3.8) is 0 Å². The van der Waals surface area contributed by atoms with Crippen molar-refractivity contribution in [3.05, 3.63) is 23.8 Å². The Balaban J connectivity index is 1.96. The molecule has 1 aliphatic heterocycles. The summed E-state index contributed by atoms with van der Waals surface area (Å²) < 4.78 is 46.8. The first-order valence-electron chi connectivity index (χ1n) is 5.70. The van der Waals surface area contributed by atoms with Gasteiger partial charge >= 0.3 is 6.18 Å². The molecule has 0 atom stereocenters. The summed E-state index contributed by atoms with van der Waals surface area (Å²) in [7, 11) is 0. The number of benzene rings is 1. The standard InChI is InChI=1S/C12H14F3NO2/c13-12(14,15)8-16-7-9-2-3-10-11(6-9)18-5-1-4-17-10/h2-3,6,16H,1,4-5,7-8H2. The molecule has 0 spiro atoms. The molecule has 2 rings (SSSR count). The molecule has 0 saturated carbocycles. The second-order valence-electron chi connectivity index (χ2n) is 4.05. The van der Waals surface area contributed by atoms with Crippen molar-refractivity contribution in [1.29, 1.82) is 0 Å². The van der Waals surface area contributed by atoms with Crippen molar-refractivity contribution >= 4 is 0 Å². The minimum absolute atomic E-state index is 0.149. The minimum Gasteiger partial charge on any atom is -0.490 e. The Hall–Kier alpha value is -1.43. The van der Waals surface area contributed by atoms with Crippen LogP contribution in [-0.4, -0.2) is 25.9 Å². The summed E-state index contributed by atoms with van der Waals surface area (Å²) >= 11 is 0. The van der Waals surface area contributed by atoms with Crippen LogP contribution >= 0.6 is 0 Å². The summed E-state index contributed by atoms with van der Waals surface area (Å²) in [6, 6.07) is 5.17. The Morgan fingerprint density at radius 3 is 2.56 bits per heavy atom. The number of rotatable bonds is 3. The van der Waals surface area contributed by atoms with E-state index < -0.39 is 12.7 Å². The third-order valence-corrected chi connectivity index (χ3v) is 2.47. The first-order chi connectivity index (χ1) is 8.54. The summed E-state index contributed by atoms with van der Waals surface area (Å²) in [6.07, 6.45) is -3.39. The number of halogens is 3. The van der Waals surface area contributed by atoms with E-state index in [1.165, 1.54) is 0 Å². The molecule has 1 N–H and O–H groups in total. The Bertz CT molecular complexity index is 407. The average molecular weight is 261 g/mol. The molecular weight excluding hydrogens is 247 g/mol. The molecule has 1 aromatic carbocycles. The van der Waals surface area contributed by atoms with Gasteiger partial charge in [0, 0.05) is 13.0 Å². The number of hydrogen-bond donors (Lipinski definition) is 1. The van der Waals surface area contributed by atoms with Gasteiger partial charge in [-0.3, -0.25) is 0 Å². The normalized spacial score (nSPS) is 15.3. The highest BCUT2D eigenvalue weighted by atomic mass is 19.4. The molecule has 0 aliphatic carbocycles. The average Bonchev–Trinajstić information content (AvgIpc) is 2.51. The quantitative estimate of drug-likeness (QED) is 0.906. The van der Waals surface area contributed by atoms with E-state index in [1.807, 2.05) is 0 Å². The molecule has 0 saturated heterocycles. The molecule has 1 aliphatic rings. The van der Waals surface area contributed by atoms with E-state index in [-0.39, 0.29) is 6.54 Å². The topological polar surface area (TPSA) is 30.5 Å². The molecule has 0 amide bonds. The minimum atomic E-state index is -4.19. The lowest BCUT2D eigenvalue weighted by molar-refractivity contribution is -0.125. The van der Waals surface area contributed by atoms with Gasteiger partial charge in [-0.05, 0) is 17.7 Å². The molecule has 18 heavy (non-hydrogen) atoms. The number of fused-ring (bicyclic) bond motifs is 1. The molecule has 100 valence electrons. The fraction of sp³-hybridized carbons (Fsp3) is 0.500. The molecule has 0 unspecified atom stereocenters. The van der Waals surface area contributed by atoms with Crippen molar-refractivity contribution in [2.24, 2.45) is 0 Å². The zero-order valence-corrected chi connectivity index (χ0v) is 9.72. The predicted octanol–water partition coefficient (Wildman–Crippen LogP) is 2.50. The maximum Gasteiger partial charge on any atom is 0.401 e. The van der Waals surface area contributed by atoms with Crippen LogP contribution in [0.5, 0.6) is 11.5 Å². The lowest BCUT2D eigenvalue weighted by atomic mass is 10.2. The van der Waals surface area contributed by atoms with Gasteiger partial charge in [0.2, 0.25) is 0 Å². The van der Waals surface area contributed by atoms with Crippen LogP contribution in [-0.2, 0) is 6.54 Å². The zero-order chi connectivity index (χ0) is 13.0. The Morgan fingerprint density at radius 2 is 1.83 bits per heavy atom. The van der Waals surface area contributed by atoms with Gasteiger partial charge in [-0.2, -0.15) is 13.2 Å². The van der Waals surface area contributed by atoms with Crippen LogP contribution in [0.4, 0.5) is 13.2 Å². The van der Waals surface area contributed by atoms with Crippen molar-refractivity contribution in [1.82, 2.24) is 5.32 Å². The molecule has 0 radical (unpaired) electrons. The molecule has 6 heteroatoms. The van der Waals surface area contributed by atoms with E-state index in [0.29, 0.717) is 24.7 Å². The van der Waals surface area contributed by atoms with Crippen molar-refractivity contribution in [3.8, 4) is 11.5 Å². The van der Waals surface area contributed by atoms with Crippen molar-refractivity contribution < 1.29 is 22.6 Å². The van der Waals surface area contributed by atoms with Gasteiger partial charge < -0.3 is 14.8 Å². The lowest BCUT2D eigenvalue weighted by Crippen LogP contribution is -2.28. The van der Waals surface area contributed by atoms with E-state index in [4.69, 9.17) is 9.47 Å². The smallest absolute Gasteiger partial charge is 0.401 e. The van der Waals surface area contributed by atoms with Crippen molar-refractivity contribution in [2.45, 2.75) is 19.1 Å². The lowest BCUT2D eigenvalue weighted by Gasteiger charge is -2.11. The number of hydrogen-bond acceptors (Lipinski definition) is 3. The molecule has 1 aromatic rings. The first kappa shape index (κ1) is 13.0.